The molecule has 2 heterocycles. The molecule has 3 nitrogen and oxygen atoms in total. The molecule has 0 saturated carbocycles. The number of piperazine rings is 1. The van der Waals surface area contributed by atoms with E-state index in [2.05, 4.69) is 45.4 Å². The SMILES string of the molecule is c1ccc(CN2CCN([C@@H]3CCCN3)CC2)cc1. The molecular formula is C15H23N3. The van der Waals surface area contributed by atoms with Gasteiger partial charge in [0, 0.05) is 32.7 Å². The number of nitrogens with one attached hydrogen (secondary N) is 1. The van der Waals surface area contributed by atoms with Gasteiger partial charge in [-0.2, -0.15) is 0 Å². The molecule has 2 saturated heterocycles. The van der Waals surface area contributed by atoms with E-state index in [4.69, 9.17) is 0 Å². The zero-order valence-corrected chi connectivity index (χ0v) is 11.0. The summed E-state index contributed by atoms with van der Waals surface area (Å²) in [6.45, 7) is 7.14. The van der Waals surface area contributed by atoms with Gasteiger partial charge in [-0.15, -0.1) is 0 Å². The van der Waals surface area contributed by atoms with E-state index in [0.717, 1.165) is 6.54 Å². The number of benzene rings is 1. The Hall–Kier alpha value is -0.900. The van der Waals surface area contributed by atoms with Crippen molar-refractivity contribution in [3.8, 4) is 0 Å². The van der Waals surface area contributed by atoms with Crippen LogP contribution in [0.1, 0.15) is 18.4 Å². The molecule has 3 heteroatoms. The zero-order chi connectivity index (χ0) is 12.2. The largest absolute Gasteiger partial charge is 0.302 e. The molecule has 0 radical (unpaired) electrons. The van der Waals surface area contributed by atoms with Crippen molar-refractivity contribution in [2.75, 3.05) is 32.7 Å². The molecule has 1 atom stereocenters. The first kappa shape index (κ1) is 12.2. The average molecular weight is 245 g/mol. The van der Waals surface area contributed by atoms with Crippen molar-refractivity contribution in [1.29, 1.82) is 0 Å². The van der Waals surface area contributed by atoms with Gasteiger partial charge in [0.1, 0.15) is 0 Å². The molecule has 18 heavy (non-hydrogen) atoms. The lowest BCUT2D eigenvalue weighted by atomic mass is 10.2. The quantitative estimate of drug-likeness (QED) is 0.871. The van der Waals surface area contributed by atoms with Crippen molar-refractivity contribution in [3.63, 3.8) is 0 Å². The molecule has 0 spiro atoms. The fourth-order valence-corrected chi connectivity index (χ4v) is 3.05. The fraction of sp³-hybridized carbons (Fsp3) is 0.600. The maximum atomic E-state index is 3.60. The molecular weight excluding hydrogens is 222 g/mol. The molecule has 0 aliphatic carbocycles. The van der Waals surface area contributed by atoms with E-state index in [9.17, 15) is 0 Å². The van der Waals surface area contributed by atoms with Crippen molar-refractivity contribution in [2.24, 2.45) is 0 Å². The molecule has 2 fully saturated rings. The molecule has 1 aromatic carbocycles. The van der Waals surface area contributed by atoms with Gasteiger partial charge in [-0.25, -0.2) is 0 Å². The molecule has 98 valence electrons. The first-order chi connectivity index (χ1) is 8.92. The van der Waals surface area contributed by atoms with Gasteiger partial charge in [-0.1, -0.05) is 30.3 Å². The van der Waals surface area contributed by atoms with Crippen molar-refractivity contribution in [1.82, 2.24) is 15.1 Å². The Morgan fingerprint density at radius 1 is 1.06 bits per heavy atom. The van der Waals surface area contributed by atoms with Gasteiger partial charge in [0.05, 0.1) is 6.17 Å². The van der Waals surface area contributed by atoms with Gasteiger partial charge in [-0.05, 0) is 24.9 Å². The smallest absolute Gasteiger partial charge is 0.0598 e. The van der Waals surface area contributed by atoms with Crippen LogP contribution in [0.2, 0.25) is 0 Å². The molecule has 1 N–H and O–H groups in total. The lowest BCUT2D eigenvalue weighted by molar-refractivity contribution is 0.0856. The van der Waals surface area contributed by atoms with Crippen LogP contribution in [0.25, 0.3) is 0 Å². The summed E-state index contributed by atoms with van der Waals surface area (Å²) < 4.78 is 0. The summed E-state index contributed by atoms with van der Waals surface area (Å²) in [6, 6.07) is 10.8. The lowest BCUT2D eigenvalue weighted by Gasteiger charge is -2.38. The maximum Gasteiger partial charge on any atom is 0.0598 e. The summed E-state index contributed by atoms with van der Waals surface area (Å²) in [4.78, 5) is 5.19. The van der Waals surface area contributed by atoms with Crippen molar-refractivity contribution in [2.45, 2.75) is 25.6 Å². The minimum Gasteiger partial charge on any atom is -0.302 e. The zero-order valence-electron chi connectivity index (χ0n) is 11.0. The van der Waals surface area contributed by atoms with E-state index in [1.165, 1.54) is 51.1 Å². The normalized spacial score (nSPS) is 26.6. The third kappa shape index (κ3) is 2.91. The Morgan fingerprint density at radius 3 is 2.50 bits per heavy atom. The molecule has 2 aliphatic rings. The number of nitrogens with zero attached hydrogens (tertiary/aromatic N) is 2. The summed E-state index contributed by atoms with van der Waals surface area (Å²) in [6.07, 6.45) is 3.33. The first-order valence-electron chi connectivity index (χ1n) is 7.15. The molecule has 0 amide bonds. The molecule has 0 bridgehead atoms. The second-order valence-electron chi connectivity index (χ2n) is 5.41. The molecule has 1 aromatic rings. The van der Waals surface area contributed by atoms with Crippen LogP contribution in [0.5, 0.6) is 0 Å². The van der Waals surface area contributed by atoms with Gasteiger partial charge < -0.3 is 5.32 Å². The summed E-state index contributed by atoms with van der Waals surface area (Å²) in [5, 5.41) is 3.60. The van der Waals surface area contributed by atoms with Crippen LogP contribution in [0.3, 0.4) is 0 Å². The second-order valence-corrected chi connectivity index (χ2v) is 5.41. The van der Waals surface area contributed by atoms with Crippen molar-refractivity contribution < 1.29 is 0 Å². The van der Waals surface area contributed by atoms with Crippen LogP contribution < -0.4 is 5.32 Å². The van der Waals surface area contributed by atoms with Crippen LogP contribution in [0.4, 0.5) is 0 Å². The highest BCUT2D eigenvalue weighted by molar-refractivity contribution is 5.14. The third-order valence-corrected chi connectivity index (χ3v) is 4.13. The fourth-order valence-electron chi connectivity index (χ4n) is 3.05. The summed E-state index contributed by atoms with van der Waals surface area (Å²) >= 11 is 0. The van der Waals surface area contributed by atoms with Crippen LogP contribution in [0.15, 0.2) is 30.3 Å². The second kappa shape index (κ2) is 5.83. The van der Waals surface area contributed by atoms with Crippen LogP contribution in [0, 0.1) is 0 Å². The topological polar surface area (TPSA) is 18.5 Å². The lowest BCUT2D eigenvalue weighted by Crippen LogP contribution is -2.52. The van der Waals surface area contributed by atoms with E-state index in [1.807, 2.05) is 0 Å². The number of rotatable bonds is 3. The molecule has 2 aliphatic heterocycles. The Balaban J connectivity index is 1.48. The van der Waals surface area contributed by atoms with Crippen molar-refractivity contribution >= 4 is 0 Å². The van der Waals surface area contributed by atoms with Crippen molar-refractivity contribution in [3.05, 3.63) is 35.9 Å². The molecule has 0 unspecified atom stereocenters. The van der Waals surface area contributed by atoms with Crippen LogP contribution in [-0.4, -0.2) is 48.7 Å². The predicted octanol–water partition coefficient (Wildman–Crippen LogP) is 1.51. The highest BCUT2D eigenvalue weighted by atomic mass is 15.3. The minimum atomic E-state index is 0.656. The summed E-state index contributed by atoms with van der Waals surface area (Å²) in [7, 11) is 0. The van der Waals surface area contributed by atoms with E-state index in [-0.39, 0.29) is 0 Å². The molecule has 3 rings (SSSR count). The predicted molar refractivity (Wildman–Crippen MR) is 74.3 cm³/mol. The average Bonchev–Trinajstić information content (AvgIpc) is 2.95. The number of hydrogen-bond donors (Lipinski definition) is 1. The highest BCUT2D eigenvalue weighted by Gasteiger charge is 2.25. The van der Waals surface area contributed by atoms with Gasteiger partial charge in [-0.3, -0.25) is 9.80 Å². The van der Waals surface area contributed by atoms with Crippen LogP contribution >= 0.6 is 0 Å². The Morgan fingerprint density at radius 2 is 1.83 bits per heavy atom. The van der Waals surface area contributed by atoms with Crippen LogP contribution in [-0.2, 0) is 6.54 Å². The minimum absolute atomic E-state index is 0.656. The highest BCUT2D eigenvalue weighted by Crippen LogP contribution is 2.14. The Bertz CT molecular complexity index is 351. The standard InChI is InChI=1S/C15H23N3/c1-2-5-14(6-3-1)13-17-9-11-18(12-10-17)15-7-4-8-16-15/h1-3,5-6,15-16H,4,7-13H2/t15-/m1/s1. The van der Waals surface area contributed by atoms with Gasteiger partial charge in [0.2, 0.25) is 0 Å². The van der Waals surface area contributed by atoms with Gasteiger partial charge in [0.15, 0.2) is 0 Å². The third-order valence-electron chi connectivity index (χ3n) is 4.13. The summed E-state index contributed by atoms with van der Waals surface area (Å²) in [5.41, 5.74) is 1.44. The maximum absolute atomic E-state index is 3.60. The van der Waals surface area contributed by atoms with E-state index < -0.39 is 0 Å². The van der Waals surface area contributed by atoms with E-state index in [0.29, 0.717) is 6.17 Å². The van der Waals surface area contributed by atoms with Gasteiger partial charge in [0.25, 0.3) is 0 Å². The molecule has 0 aromatic heterocycles. The number of hydrogen-bond acceptors (Lipinski definition) is 3. The Labute approximate surface area is 110 Å². The van der Waals surface area contributed by atoms with E-state index >= 15 is 0 Å². The van der Waals surface area contributed by atoms with Gasteiger partial charge >= 0.3 is 0 Å². The van der Waals surface area contributed by atoms with E-state index in [1.54, 1.807) is 0 Å². The summed E-state index contributed by atoms with van der Waals surface area (Å²) in [5.74, 6) is 0. The first-order valence-corrected chi connectivity index (χ1v) is 7.15. The monoisotopic (exact) mass is 245 g/mol. The Kier molecular flexibility index (Phi) is 3.93.